The molecule has 0 heterocycles. The molecule has 34 heavy (non-hydrogen) atoms. The van der Waals surface area contributed by atoms with Crippen molar-refractivity contribution in [2.75, 3.05) is 29.3 Å². The summed E-state index contributed by atoms with van der Waals surface area (Å²) < 4.78 is 62.5. The van der Waals surface area contributed by atoms with E-state index in [9.17, 15) is 21.9 Å². The van der Waals surface area contributed by atoms with Crippen LogP contribution in [0.15, 0.2) is 63.7 Å². The number of aromatic hydroxyl groups is 1. The first-order chi connectivity index (χ1) is 15.9. The maximum Gasteiger partial charge on any atom is 0.294 e. The van der Waals surface area contributed by atoms with E-state index < -0.39 is 20.1 Å². The highest BCUT2D eigenvalue weighted by atomic mass is 32.2. The van der Waals surface area contributed by atoms with Crippen LogP contribution in [0.4, 0.5) is 22.7 Å². The topological polar surface area (TPSA) is 167 Å². The standard InChI is InChI=1S/C19H20N4O8S3/c1-23(30-31-32-2)17-11-16(21-20-12-7-9-13(10-8-12)34(27,28)29)18-14(19(17)24)5-4-6-15(18)22-33(3,25)26/h4-11,22,24H,1-3H3,(H,27,28,29). The zero-order valence-electron chi connectivity index (χ0n) is 18.0. The van der Waals surface area contributed by atoms with Crippen molar-refractivity contribution >= 4 is 65.7 Å². The number of anilines is 2. The van der Waals surface area contributed by atoms with E-state index in [-0.39, 0.29) is 44.2 Å². The van der Waals surface area contributed by atoms with Crippen molar-refractivity contribution in [3.8, 4) is 5.75 Å². The van der Waals surface area contributed by atoms with E-state index in [2.05, 4.69) is 15.0 Å². The lowest BCUT2D eigenvalue weighted by Crippen LogP contribution is -2.16. The molecule has 0 atom stereocenters. The quantitative estimate of drug-likeness (QED) is 0.121. The molecule has 0 aliphatic carbocycles. The minimum Gasteiger partial charge on any atom is -0.505 e. The molecule has 12 nitrogen and oxygen atoms in total. The highest BCUT2D eigenvalue weighted by Gasteiger charge is 2.19. The predicted octanol–water partition coefficient (Wildman–Crippen LogP) is 4.16. The normalized spacial score (nSPS) is 12.4. The molecule has 0 amide bonds. The fraction of sp³-hybridized carbons (Fsp3) is 0.158. The molecule has 0 aliphatic heterocycles. The predicted molar refractivity (Wildman–Crippen MR) is 129 cm³/mol. The molecule has 0 saturated carbocycles. The van der Waals surface area contributed by atoms with Gasteiger partial charge in [0.15, 0.2) is 0 Å². The first-order valence-electron chi connectivity index (χ1n) is 9.27. The molecule has 182 valence electrons. The maximum atomic E-state index is 11.9. The third-order valence-electron chi connectivity index (χ3n) is 4.34. The minimum atomic E-state index is -4.36. The van der Waals surface area contributed by atoms with Gasteiger partial charge in [-0.05, 0) is 36.4 Å². The van der Waals surface area contributed by atoms with Crippen molar-refractivity contribution < 1.29 is 35.8 Å². The van der Waals surface area contributed by atoms with Crippen molar-refractivity contribution in [1.29, 1.82) is 0 Å². The summed E-state index contributed by atoms with van der Waals surface area (Å²) in [5, 5.41) is 20.8. The third-order valence-corrected chi connectivity index (χ3v) is 6.00. The van der Waals surface area contributed by atoms with Crippen LogP contribution >= 0.6 is 12.0 Å². The molecular weight excluding hydrogens is 508 g/mol. The summed E-state index contributed by atoms with van der Waals surface area (Å²) in [6.07, 6.45) is 2.61. The van der Waals surface area contributed by atoms with Crippen LogP contribution in [0.1, 0.15) is 0 Å². The van der Waals surface area contributed by atoms with E-state index in [1.807, 2.05) is 0 Å². The number of benzene rings is 3. The summed E-state index contributed by atoms with van der Waals surface area (Å²) in [5.41, 5.74) is 0.710. The van der Waals surface area contributed by atoms with Gasteiger partial charge in [-0.25, -0.2) is 13.5 Å². The zero-order chi connectivity index (χ0) is 25.1. The van der Waals surface area contributed by atoms with Crippen molar-refractivity contribution in [2.24, 2.45) is 10.2 Å². The van der Waals surface area contributed by atoms with E-state index in [1.165, 1.54) is 31.3 Å². The van der Waals surface area contributed by atoms with Crippen LogP contribution in [0.2, 0.25) is 0 Å². The number of sulfonamides is 1. The van der Waals surface area contributed by atoms with Crippen LogP contribution in [0.5, 0.6) is 5.75 Å². The molecule has 0 bridgehead atoms. The second-order valence-corrected chi connectivity index (χ2v) is 10.5. The highest BCUT2D eigenvalue weighted by molar-refractivity contribution is 7.93. The Hall–Kier alpha value is -2.95. The Bertz CT molecular complexity index is 1440. The Balaban J connectivity index is 2.18. The molecule has 15 heteroatoms. The highest BCUT2D eigenvalue weighted by Crippen LogP contribution is 2.44. The van der Waals surface area contributed by atoms with Gasteiger partial charge < -0.3 is 5.11 Å². The summed E-state index contributed by atoms with van der Waals surface area (Å²) in [5.74, 6) is -0.226. The van der Waals surface area contributed by atoms with Gasteiger partial charge in [-0.15, -0.1) is 9.45 Å². The van der Waals surface area contributed by atoms with Gasteiger partial charge in [0, 0.05) is 36.1 Å². The molecule has 0 spiro atoms. The Labute approximate surface area is 200 Å². The van der Waals surface area contributed by atoms with E-state index in [1.54, 1.807) is 18.4 Å². The molecule has 0 radical (unpaired) electrons. The summed E-state index contributed by atoms with van der Waals surface area (Å²) in [4.78, 5) is 4.74. The Morgan fingerprint density at radius 2 is 1.74 bits per heavy atom. The lowest BCUT2D eigenvalue weighted by atomic mass is 10.0. The number of phenolic OH excluding ortho intramolecular Hbond substituents is 1. The average Bonchev–Trinajstić information content (AvgIpc) is 2.76. The Morgan fingerprint density at radius 3 is 2.32 bits per heavy atom. The van der Waals surface area contributed by atoms with E-state index in [4.69, 9.17) is 13.9 Å². The van der Waals surface area contributed by atoms with Crippen molar-refractivity contribution in [3.63, 3.8) is 0 Å². The first-order valence-corrected chi connectivity index (χ1v) is 13.8. The lowest BCUT2D eigenvalue weighted by molar-refractivity contribution is -0.198. The largest absolute Gasteiger partial charge is 0.505 e. The van der Waals surface area contributed by atoms with Gasteiger partial charge in [-0.2, -0.15) is 13.5 Å². The Morgan fingerprint density at radius 1 is 1.06 bits per heavy atom. The van der Waals surface area contributed by atoms with Crippen LogP contribution in [0.3, 0.4) is 0 Å². The maximum absolute atomic E-state index is 11.9. The molecular formula is C19H20N4O8S3. The monoisotopic (exact) mass is 528 g/mol. The SMILES string of the molecule is CSOON(C)c1cc(N=Nc2ccc(S(=O)(=O)O)cc2)c2c(NS(C)(=O)=O)cccc2c1O. The van der Waals surface area contributed by atoms with Gasteiger partial charge in [0.2, 0.25) is 10.0 Å². The molecule has 0 aliphatic rings. The summed E-state index contributed by atoms with van der Waals surface area (Å²) in [6, 6.07) is 11.0. The molecule has 3 rings (SSSR count). The van der Waals surface area contributed by atoms with Crippen LogP contribution < -0.4 is 9.79 Å². The number of hydroxylamine groups is 1. The molecule has 3 aromatic carbocycles. The minimum absolute atomic E-state index is 0.147. The van der Waals surface area contributed by atoms with Gasteiger partial charge in [0.25, 0.3) is 10.1 Å². The van der Waals surface area contributed by atoms with Crippen LogP contribution in [0, 0.1) is 0 Å². The average molecular weight is 529 g/mol. The lowest BCUT2D eigenvalue weighted by Gasteiger charge is -2.20. The number of hydrogen-bond donors (Lipinski definition) is 3. The van der Waals surface area contributed by atoms with Gasteiger partial charge in [0.1, 0.15) is 11.4 Å². The number of nitrogens with one attached hydrogen (secondary N) is 1. The number of phenols is 1. The molecule has 0 saturated heterocycles. The van der Waals surface area contributed by atoms with E-state index >= 15 is 0 Å². The number of nitrogens with zero attached hydrogens (tertiary/aromatic N) is 3. The van der Waals surface area contributed by atoms with Crippen LogP contribution in [0.25, 0.3) is 10.8 Å². The number of hydrogen-bond acceptors (Lipinski definition) is 11. The van der Waals surface area contributed by atoms with Crippen LogP contribution in [-0.4, -0.2) is 46.1 Å². The molecule has 0 unspecified atom stereocenters. The summed E-state index contributed by atoms with van der Waals surface area (Å²) in [7, 11) is -6.55. The third kappa shape index (κ3) is 6.13. The second-order valence-electron chi connectivity index (χ2n) is 6.84. The molecule has 0 fully saturated rings. The number of rotatable bonds is 9. The van der Waals surface area contributed by atoms with Crippen LogP contribution in [-0.2, 0) is 29.5 Å². The fourth-order valence-electron chi connectivity index (χ4n) is 2.95. The molecule has 3 aromatic rings. The van der Waals surface area contributed by atoms with Gasteiger partial charge in [0.05, 0.1) is 28.2 Å². The van der Waals surface area contributed by atoms with Gasteiger partial charge in [-0.3, -0.25) is 9.27 Å². The molecule has 0 aromatic heterocycles. The number of fused-ring (bicyclic) bond motifs is 1. The zero-order valence-corrected chi connectivity index (χ0v) is 20.5. The summed E-state index contributed by atoms with van der Waals surface area (Å²) >= 11 is 0.933. The van der Waals surface area contributed by atoms with E-state index in [0.717, 1.165) is 35.5 Å². The number of azo groups is 1. The molecule has 3 N–H and O–H groups in total. The Kier molecular flexibility index (Phi) is 7.64. The second kappa shape index (κ2) is 10.1. The van der Waals surface area contributed by atoms with Crippen molar-refractivity contribution in [1.82, 2.24) is 0 Å². The van der Waals surface area contributed by atoms with E-state index in [0.29, 0.717) is 0 Å². The van der Waals surface area contributed by atoms with Crippen molar-refractivity contribution in [2.45, 2.75) is 4.90 Å². The smallest absolute Gasteiger partial charge is 0.294 e. The summed E-state index contributed by atoms with van der Waals surface area (Å²) in [6.45, 7) is 0. The van der Waals surface area contributed by atoms with Crippen molar-refractivity contribution in [3.05, 3.63) is 48.5 Å². The van der Waals surface area contributed by atoms with Gasteiger partial charge >= 0.3 is 0 Å². The van der Waals surface area contributed by atoms with Gasteiger partial charge in [-0.1, -0.05) is 17.1 Å². The first kappa shape index (κ1) is 25.7. The fourth-order valence-corrected chi connectivity index (χ4v) is 4.15.